The SMILES string of the molecule is Cc1nn(C)c(N2CCN(C(=O)C3CCCCC3)CC2)c1[N+](=O)[O-]. The van der Waals surface area contributed by atoms with E-state index in [0.717, 1.165) is 25.7 Å². The predicted molar refractivity (Wildman–Crippen MR) is 90.0 cm³/mol. The molecule has 1 aromatic rings. The average molecular weight is 335 g/mol. The zero-order valence-electron chi connectivity index (χ0n) is 14.4. The number of rotatable bonds is 3. The number of aryl methyl sites for hydroxylation is 2. The molecule has 2 heterocycles. The summed E-state index contributed by atoms with van der Waals surface area (Å²) in [5.74, 6) is 0.992. The molecule has 1 saturated carbocycles. The number of piperazine rings is 1. The number of nitro groups is 1. The van der Waals surface area contributed by atoms with Crippen LogP contribution < -0.4 is 4.90 Å². The summed E-state index contributed by atoms with van der Waals surface area (Å²) in [6.45, 7) is 4.12. The van der Waals surface area contributed by atoms with E-state index in [4.69, 9.17) is 0 Å². The molecule has 0 spiro atoms. The van der Waals surface area contributed by atoms with Crippen molar-refractivity contribution in [2.24, 2.45) is 13.0 Å². The lowest BCUT2D eigenvalue weighted by molar-refractivity contribution is -0.384. The third-order valence-electron chi connectivity index (χ3n) is 5.19. The highest BCUT2D eigenvalue weighted by molar-refractivity contribution is 5.79. The van der Waals surface area contributed by atoms with E-state index in [0.29, 0.717) is 37.7 Å². The van der Waals surface area contributed by atoms with Crippen molar-refractivity contribution < 1.29 is 9.72 Å². The highest BCUT2D eigenvalue weighted by atomic mass is 16.6. The summed E-state index contributed by atoms with van der Waals surface area (Å²) in [7, 11) is 1.73. The van der Waals surface area contributed by atoms with Gasteiger partial charge in [0.05, 0.1) is 4.92 Å². The van der Waals surface area contributed by atoms with E-state index >= 15 is 0 Å². The number of aromatic nitrogens is 2. The second kappa shape index (κ2) is 6.78. The predicted octanol–water partition coefficient (Wildman–Crippen LogP) is 1.87. The Morgan fingerprint density at radius 1 is 1.17 bits per heavy atom. The van der Waals surface area contributed by atoms with E-state index in [1.54, 1.807) is 18.7 Å². The lowest BCUT2D eigenvalue weighted by Gasteiger charge is -2.37. The Morgan fingerprint density at radius 3 is 2.38 bits per heavy atom. The van der Waals surface area contributed by atoms with Gasteiger partial charge in [0.25, 0.3) is 0 Å². The summed E-state index contributed by atoms with van der Waals surface area (Å²) in [6, 6.07) is 0. The van der Waals surface area contributed by atoms with Crippen LogP contribution >= 0.6 is 0 Å². The molecule has 1 aromatic heterocycles. The molecule has 1 amide bonds. The average Bonchev–Trinajstić information content (AvgIpc) is 2.89. The summed E-state index contributed by atoms with van der Waals surface area (Å²) < 4.78 is 1.58. The van der Waals surface area contributed by atoms with Crippen LogP contribution in [0.2, 0.25) is 0 Å². The standard InChI is InChI=1S/C16H25N5O3/c1-12-14(21(23)24)15(18(2)17-12)19-8-10-20(11-9-19)16(22)13-6-4-3-5-7-13/h13H,3-11H2,1-2H3. The van der Waals surface area contributed by atoms with Crippen molar-refractivity contribution in [2.75, 3.05) is 31.1 Å². The fraction of sp³-hybridized carbons (Fsp3) is 0.750. The molecule has 0 atom stereocenters. The van der Waals surface area contributed by atoms with Crippen LogP contribution in [0.25, 0.3) is 0 Å². The Labute approximate surface area is 141 Å². The van der Waals surface area contributed by atoms with Crippen LogP contribution in [0.3, 0.4) is 0 Å². The lowest BCUT2D eigenvalue weighted by Crippen LogP contribution is -2.51. The van der Waals surface area contributed by atoms with Crippen LogP contribution in [0.5, 0.6) is 0 Å². The highest BCUT2D eigenvalue weighted by Gasteiger charge is 2.33. The van der Waals surface area contributed by atoms with Crippen molar-refractivity contribution in [3.63, 3.8) is 0 Å². The van der Waals surface area contributed by atoms with Gasteiger partial charge < -0.3 is 9.80 Å². The van der Waals surface area contributed by atoms with Crippen molar-refractivity contribution in [2.45, 2.75) is 39.0 Å². The maximum Gasteiger partial charge on any atom is 0.333 e. The third-order valence-corrected chi connectivity index (χ3v) is 5.19. The van der Waals surface area contributed by atoms with Crippen molar-refractivity contribution in [1.29, 1.82) is 0 Å². The number of hydrogen-bond donors (Lipinski definition) is 0. The molecule has 0 N–H and O–H groups in total. The van der Waals surface area contributed by atoms with Gasteiger partial charge in [-0.3, -0.25) is 14.9 Å². The topological polar surface area (TPSA) is 84.5 Å². The zero-order valence-corrected chi connectivity index (χ0v) is 14.4. The summed E-state index contributed by atoms with van der Waals surface area (Å²) in [5.41, 5.74) is 0.503. The maximum absolute atomic E-state index is 12.6. The van der Waals surface area contributed by atoms with Crippen LogP contribution in [0, 0.1) is 23.0 Å². The van der Waals surface area contributed by atoms with Gasteiger partial charge in [0.15, 0.2) is 0 Å². The van der Waals surface area contributed by atoms with Gasteiger partial charge >= 0.3 is 5.69 Å². The molecule has 3 rings (SSSR count). The van der Waals surface area contributed by atoms with Crippen molar-refractivity contribution in [3.8, 4) is 0 Å². The van der Waals surface area contributed by atoms with Gasteiger partial charge in [0, 0.05) is 39.1 Å². The lowest BCUT2D eigenvalue weighted by atomic mass is 9.88. The van der Waals surface area contributed by atoms with Gasteiger partial charge in [-0.05, 0) is 19.8 Å². The maximum atomic E-state index is 12.6. The fourth-order valence-electron chi connectivity index (χ4n) is 3.95. The van der Waals surface area contributed by atoms with E-state index in [1.807, 2.05) is 9.80 Å². The van der Waals surface area contributed by atoms with Crippen LogP contribution in [0.15, 0.2) is 0 Å². The van der Waals surface area contributed by atoms with Gasteiger partial charge in [0.1, 0.15) is 5.69 Å². The monoisotopic (exact) mass is 335 g/mol. The van der Waals surface area contributed by atoms with Crippen LogP contribution in [-0.4, -0.2) is 51.7 Å². The minimum Gasteiger partial charge on any atom is -0.348 e. The molecule has 1 aliphatic carbocycles. The summed E-state index contributed by atoms with van der Waals surface area (Å²) in [5, 5.41) is 15.5. The molecular weight excluding hydrogens is 310 g/mol. The molecule has 0 unspecified atom stereocenters. The Hall–Kier alpha value is -2.12. The zero-order chi connectivity index (χ0) is 17.3. The van der Waals surface area contributed by atoms with Gasteiger partial charge in [0.2, 0.25) is 11.7 Å². The molecule has 0 bridgehead atoms. The van der Waals surface area contributed by atoms with Gasteiger partial charge in [-0.25, -0.2) is 4.68 Å². The molecule has 8 nitrogen and oxygen atoms in total. The second-order valence-corrected chi connectivity index (χ2v) is 6.79. The molecular formula is C16H25N5O3. The number of amides is 1. The summed E-state index contributed by atoms with van der Waals surface area (Å²) in [6.07, 6.45) is 5.55. The molecule has 0 radical (unpaired) electrons. The minimum absolute atomic E-state index is 0.0737. The fourth-order valence-corrected chi connectivity index (χ4v) is 3.95. The first-order chi connectivity index (χ1) is 11.5. The molecule has 2 fully saturated rings. The van der Waals surface area contributed by atoms with Crippen molar-refractivity contribution in [1.82, 2.24) is 14.7 Å². The quantitative estimate of drug-likeness (QED) is 0.622. The number of carbonyl (C=O) groups is 1. The molecule has 0 aromatic carbocycles. The Morgan fingerprint density at radius 2 is 1.79 bits per heavy atom. The van der Waals surface area contributed by atoms with E-state index in [9.17, 15) is 14.9 Å². The second-order valence-electron chi connectivity index (χ2n) is 6.79. The van der Waals surface area contributed by atoms with Gasteiger partial charge in [-0.2, -0.15) is 5.10 Å². The number of anilines is 1. The molecule has 24 heavy (non-hydrogen) atoms. The van der Waals surface area contributed by atoms with E-state index in [-0.39, 0.29) is 22.4 Å². The van der Waals surface area contributed by atoms with Gasteiger partial charge in [-0.15, -0.1) is 0 Å². The minimum atomic E-state index is -0.364. The molecule has 8 heteroatoms. The summed E-state index contributed by atoms with van der Waals surface area (Å²) >= 11 is 0. The smallest absolute Gasteiger partial charge is 0.333 e. The van der Waals surface area contributed by atoms with Crippen LogP contribution in [0.4, 0.5) is 11.5 Å². The Kier molecular flexibility index (Phi) is 4.73. The Balaban J connectivity index is 1.67. The van der Waals surface area contributed by atoms with E-state index in [1.165, 1.54) is 6.42 Å². The van der Waals surface area contributed by atoms with E-state index in [2.05, 4.69) is 5.10 Å². The number of hydrogen-bond acceptors (Lipinski definition) is 5. The first kappa shape index (κ1) is 16.7. The summed E-state index contributed by atoms with van der Waals surface area (Å²) in [4.78, 5) is 27.5. The first-order valence-electron chi connectivity index (χ1n) is 8.70. The highest BCUT2D eigenvalue weighted by Crippen LogP contribution is 2.32. The number of carbonyl (C=O) groups excluding carboxylic acids is 1. The normalized spacial score (nSPS) is 19.6. The Bertz CT molecular complexity index is 628. The van der Waals surface area contributed by atoms with Crippen molar-refractivity contribution >= 4 is 17.4 Å². The molecule has 132 valence electrons. The molecule has 1 aliphatic heterocycles. The number of nitrogens with zero attached hydrogens (tertiary/aromatic N) is 5. The molecule has 2 aliphatic rings. The van der Waals surface area contributed by atoms with Gasteiger partial charge in [-0.1, -0.05) is 19.3 Å². The third kappa shape index (κ3) is 3.09. The molecule has 1 saturated heterocycles. The largest absolute Gasteiger partial charge is 0.348 e. The first-order valence-corrected chi connectivity index (χ1v) is 8.70. The van der Waals surface area contributed by atoms with Crippen LogP contribution in [0.1, 0.15) is 37.8 Å². The van der Waals surface area contributed by atoms with E-state index < -0.39 is 0 Å². The van der Waals surface area contributed by atoms with Crippen molar-refractivity contribution in [3.05, 3.63) is 15.8 Å². The van der Waals surface area contributed by atoms with Crippen LogP contribution in [-0.2, 0) is 11.8 Å².